The van der Waals surface area contributed by atoms with Crippen LogP contribution in [0, 0.1) is 0 Å². The van der Waals surface area contributed by atoms with E-state index in [4.69, 9.17) is 4.74 Å². The number of carbonyl (C=O) groups is 1. The maximum absolute atomic E-state index is 11.6. The Bertz CT molecular complexity index is 267. The number of nitrogens with zero attached hydrogens (tertiary/aromatic N) is 2. The fourth-order valence-electron chi connectivity index (χ4n) is 0.640. The summed E-state index contributed by atoms with van der Waals surface area (Å²) < 4.78 is 16.4. The molecule has 0 saturated heterocycles. The number of aldehydes is 1. The molecule has 12 heavy (non-hydrogen) atoms. The molecule has 1 heterocycles. The standard InChI is InChI=1S/C7H7FN2O2/c8-1-2-12-7-3-6(4-11)9-5-10-7/h3-5H,1-2H2. The molecule has 0 atom stereocenters. The summed E-state index contributed by atoms with van der Waals surface area (Å²) in [7, 11) is 0. The summed E-state index contributed by atoms with van der Waals surface area (Å²) in [5.41, 5.74) is 0.221. The molecule has 0 aromatic carbocycles. The lowest BCUT2D eigenvalue weighted by Gasteiger charge is -2.00. The average molecular weight is 170 g/mol. The van der Waals surface area contributed by atoms with Crippen LogP contribution in [0.3, 0.4) is 0 Å². The van der Waals surface area contributed by atoms with Crippen molar-refractivity contribution >= 4 is 6.29 Å². The summed E-state index contributed by atoms with van der Waals surface area (Å²) in [4.78, 5) is 17.5. The fraction of sp³-hybridized carbons (Fsp3) is 0.286. The van der Waals surface area contributed by atoms with Crippen LogP contribution in [-0.4, -0.2) is 29.5 Å². The van der Waals surface area contributed by atoms with Crippen molar-refractivity contribution in [2.24, 2.45) is 0 Å². The van der Waals surface area contributed by atoms with Crippen LogP contribution >= 0.6 is 0 Å². The summed E-state index contributed by atoms with van der Waals surface area (Å²) in [5, 5.41) is 0. The normalized spacial score (nSPS) is 9.42. The van der Waals surface area contributed by atoms with Crippen molar-refractivity contribution in [2.45, 2.75) is 0 Å². The molecular weight excluding hydrogens is 163 g/mol. The van der Waals surface area contributed by atoms with Gasteiger partial charge in [0, 0.05) is 6.07 Å². The minimum absolute atomic E-state index is 0.0602. The van der Waals surface area contributed by atoms with E-state index >= 15 is 0 Å². The maximum atomic E-state index is 11.6. The summed E-state index contributed by atoms with van der Waals surface area (Å²) >= 11 is 0. The van der Waals surface area contributed by atoms with Gasteiger partial charge in [-0.2, -0.15) is 0 Å². The minimum Gasteiger partial charge on any atom is -0.475 e. The third-order valence-corrected chi connectivity index (χ3v) is 1.11. The highest BCUT2D eigenvalue weighted by atomic mass is 19.1. The van der Waals surface area contributed by atoms with Gasteiger partial charge < -0.3 is 4.74 Å². The molecule has 0 unspecified atom stereocenters. The lowest BCUT2D eigenvalue weighted by molar-refractivity contribution is 0.111. The highest BCUT2D eigenvalue weighted by Crippen LogP contribution is 2.04. The molecule has 0 aliphatic rings. The number of hydrogen-bond donors (Lipinski definition) is 0. The van der Waals surface area contributed by atoms with Crippen LogP contribution < -0.4 is 4.74 Å². The van der Waals surface area contributed by atoms with E-state index in [1.165, 1.54) is 12.4 Å². The molecule has 0 amide bonds. The molecule has 0 aliphatic heterocycles. The molecule has 0 bridgehead atoms. The Balaban J connectivity index is 2.66. The van der Waals surface area contributed by atoms with Gasteiger partial charge in [-0.25, -0.2) is 14.4 Å². The minimum atomic E-state index is -0.583. The molecule has 0 radical (unpaired) electrons. The number of alkyl halides is 1. The van der Waals surface area contributed by atoms with Gasteiger partial charge in [0.1, 0.15) is 25.3 Å². The Hall–Kier alpha value is -1.52. The highest BCUT2D eigenvalue weighted by molar-refractivity contribution is 5.71. The van der Waals surface area contributed by atoms with Crippen LogP contribution in [0.5, 0.6) is 5.88 Å². The first-order valence-corrected chi connectivity index (χ1v) is 3.33. The molecule has 1 aromatic rings. The van der Waals surface area contributed by atoms with Crippen molar-refractivity contribution in [3.63, 3.8) is 0 Å². The Morgan fingerprint density at radius 2 is 2.42 bits per heavy atom. The molecule has 64 valence electrons. The fourth-order valence-corrected chi connectivity index (χ4v) is 0.640. The summed E-state index contributed by atoms with van der Waals surface area (Å²) in [6.07, 6.45) is 1.77. The molecule has 0 N–H and O–H groups in total. The second-order valence-electron chi connectivity index (χ2n) is 1.94. The molecule has 4 nitrogen and oxygen atoms in total. The largest absolute Gasteiger partial charge is 0.475 e. The van der Waals surface area contributed by atoms with Crippen LogP contribution in [0.1, 0.15) is 10.5 Å². The molecule has 0 fully saturated rings. The first kappa shape index (κ1) is 8.58. The monoisotopic (exact) mass is 170 g/mol. The summed E-state index contributed by atoms with van der Waals surface area (Å²) in [6, 6.07) is 1.35. The second kappa shape index (κ2) is 4.38. The molecule has 0 spiro atoms. The van der Waals surface area contributed by atoms with E-state index in [9.17, 15) is 9.18 Å². The average Bonchev–Trinajstić information content (AvgIpc) is 2.15. The van der Waals surface area contributed by atoms with Crippen molar-refractivity contribution < 1.29 is 13.9 Å². The van der Waals surface area contributed by atoms with E-state index in [1.807, 2.05) is 0 Å². The van der Waals surface area contributed by atoms with E-state index in [0.717, 1.165) is 0 Å². The van der Waals surface area contributed by atoms with Crippen LogP contribution in [0.4, 0.5) is 4.39 Å². The van der Waals surface area contributed by atoms with Crippen molar-refractivity contribution in [1.82, 2.24) is 9.97 Å². The zero-order valence-electron chi connectivity index (χ0n) is 6.24. The van der Waals surface area contributed by atoms with Crippen molar-refractivity contribution in [3.8, 4) is 5.88 Å². The molecular formula is C7H7FN2O2. The van der Waals surface area contributed by atoms with Crippen LogP contribution in [0.25, 0.3) is 0 Å². The molecule has 0 aliphatic carbocycles. The van der Waals surface area contributed by atoms with Crippen molar-refractivity contribution in [3.05, 3.63) is 18.1 Å². The van der Waals surface area contributed by atoms with Crippen LogP contribution in [0.2, 0.25) is 0 Å². The quantitative estimate of drug-likeness (QED) is 0.622. The number of carbonyl (C=O) groups excluding carboxylic acids is 1. The Morgan fingerprint density at radius 3 is 3.08 bits per heavy atom. The third-order valence-electron chi connectivity index (χ3n) is 1.11. The van der Waals surface area contributed by atoms with E-state index in [1.54, 1.807) is 0 Å². The maximum Gasteiger partial charge on any atom is 0.217 e. The van der Waals surface area contributed by atoms with Gasteiger partial charge >= 0.3 is 0 Å². The number of aromatic nitrogens is 2. The molecule has 0 saturated carbocycles. The van der Waals surface area contributed by atoms with Gasteiger partial charge in [0.2, 0.25) is 5.88 Å². The van der Waals surface area contributed by atoms with Gasteiger partial charge in [0.25, 0.3) is 0 Å². The highest BCUT2D eigenvalue weighted by Gasteiger charge is 1.97. The summed E-state index contributed by atoms with van der Waals surface area (Å²) in [6.45, 7) is -0.643. The first-order chi connectivity index (χ1) is 5.86. The van der Waals surface area contributed by atoms with E-state index in [0.29, 0.717) is 6.29 Å². The molecule has 5 heteroatoms. The van der Waals surface area contributed by atoms with Crippen LogP contribution in [0.15, 0.2) is 12.4 Å². The number of ether oxygens (including phenoxy) is 1. The first-order valence-electron chi connectivity index (χ1n) is 3.33. The Labute approximate surface area is 68.4 Å². The van der Waals surface area contributed by atoms with Crippen LogP contribution in [-0.2, 0) is 0 Å². The number of rotatable bonds is 4. The predicted octanol–water partition coefficient (Wildman–Crippen LogP) is 0.637. The van der Waals surface area contributed by atoms with Gasteiger partial charge in [-0.1, -0.05) is 0 Å². The zero-order chi connectivity index (χ0) is 8.81. The number of hydrogen-bond acceptors (Lipinski definition) is 4. The van der Waals surface area contributed by atoms with Crippen molar-refractivity contribution in [2.75, 3.05) is 13.3 Å². The lowest BCUT2D eigenvalue weighted by atomic mass is 10.4. The van der Waals surface area contributed by atoms with E-state index in [2.05, 4.69) is 9.97 Å². The second-order valence-corrected chi connectivity index (χ2v) is 1.94. The van der Waals surface area contributed by atoms with E-state index in [-0.39, 0.29) is 18.2 Å². The third kappa shape index (κ3) is 2.26. The SMILES string of the molecule is O=Cc1cc(OCCF)ncn1. The smallest absolute Gasteiger partial charge is 0.217 e. The molecule has 1 rings (SSSR count). The van der Waals surface area contributed by atoms with E-state index < -0.39 is 6.67 Å². The van der Waals surface area contributed by atoms with Gasteiger partial charge in [-0.15, -0.1) is 0 Å². The predicted molar refractivity (Wildman–Crippen MR) is 38.9 cm³/mol. The van der Waals surface area contributed by atoms with Gasteiger partial charge in [-0.3, -0.25) is 4.79 Å². The lowest BCUT2D eigenvalue weighted by Crippen LogP contribution is -2.01. The number of halogens is 1. The Kier molecular flexibility index (Phi) is 3.13. The topological polar surface area (TPSA) is 52.1 Å². The van der Waals surface area contributed by atoms with Crippen molar-refractivity contribution in [1.29, 1.82) is 0 Å². The van der Waals surface area contributed by atoms with Gasteiger partial charge in [0.15, 0.2) is 6.29 Å². The summed E-state index contributed by atoms with van der Waals surface area (Å²) in [5.74, 6) is 0.213. The zero-order valence-corrected chi connectivity index (χ0v) is 6.24. The molecule has 1 aromatic heterocycles. The Morgan fingerprint density at radius 1 is 1.58 bits per heavy atom. The van der Waals surface area contributed by atoms with Gasteiger partial charge in [0.05, 0.1) is 0 Å². The van der Waals surface area contributed by atoms with Gasteiger partial charge in [-0.05, 0) is 0 Å².